The van der Waals surface area contributed by atoms with Crippen LogP contribution in [0.3, 0.4) is 0 Å². The van der Waals surface area contributed by atoms with Crippen LogP contribution in [-0.4, -0.2) is 18.5 Å². The first kappa shape index (κ1) is 18.3. The van der Waals surface area contributed by atoms with Crippen molar-refractivity contribution in [3.8, 4) is 5.75 Å². The van der Waals surface area contributed by atoms with Crippen molar-refractivity contribution in [1.82, 2.24) is 4.98 Å². The molecule has 8 nitrogen and oxygen atoms in total. The maximum Gasteiger partial charge on any atom is 0.263 e. The molecule has 138 valence electrons. The van der Waals surface area contributed by atoms with Crippen LogP contribution in [0.5, 0.6) is 5.75 Å². The Labute approximate surface area is 156 Å². The van der Waals surface area contributed by atoms with E-state index in [2.05, 4.69) is 19.9 Å². The molecule has 1 heterocycles. The molecule has 0 amide bonds. The molecular formula is C18H17N5O3S. The van der Waals surface area contributed by atoms with Crippen LogP contribution in [0.2, 0.25) is 0 Å². The third-order valence-corrected chi connectivity index (χ3v) is 5.00. The molecule has 0 fully saturated rings. The average Bonchev–Trinajstić information content (AvgIpc) is 2.64. The molecular weight excluding hydrogens is 366 g/mol. The lowest BCUT2D eigenvalue weighted by Gasteiger charge is -2.07. The normalized spacial score (nSPS) is 11.6. The first-order valence-electron chi connectivity index (χ1n) is 7.90. The fraction of sp³-hybridized carbons (Fsp3) is 0.0556. The van der Waals surface area contributed by atoms with Crippen molar-refractivity contribution in [2.24, 2.45) is 10.2 Å². The molecule has 0 spiro atoms. The number of anilines is 2. The van der Waals surface area contributed by atoms with E-state index in [4.69, 9.17) is 5.73 Å². The highest BCUT2D eigenvalue weighted by Crippen LogP contribution is 2.31. The Balaban J connectivity index is 1.86. The quantitative estimate of drug-likeness (QED) is 0.454. The Morgan fingerprint density at radius 3 is 2.63 bits per heavy atom. The van der Waals surface area contributed by atoms with Gasteiger partial charge >= 0.3 is 0 Å². The number of benzene rings is 2. The van der Waals surface area contributed by atoms with Crippen molar-refractivity contribution in [3.63, 3.8) is 0 Å². The number of rotatable bonds is 5. The summed E-state index contributed by atoms with van der Waals surface area (Å²) in [5.41, 5.74) is 7.40. The number of nitrogen functional groups attached to an aromatic ring is 1. The fourth-order valence-corrected chi connectivity index (χ4v) is 3.28. The molecule has 0 unspecified atom stereocenters. The number of phenolic OH excluding ortho intramolecular Hbond substituents is 1. The van der Waals surface area contributed by atoms with Crippen molar-refractivity contribution < 1.29 is 13.5 Å². The van der Waals surface area contributed by atoms with Crippen LogP contribution in [0.15, 0.2) is 75.9 Å². The van der Waals surface area contributed by atoms with Crippen LogP contribution in [0.25, 0.3) is 0 Å². The Morgan fingerprint density at radius 2 is 1.89 bits per heavy atom. The minimum absolute atomic E-state index is 0.0273. The Bertz CT molecular complexity index is 1100. The predicted molar refractivity (Wildman–Crippen MR) is 103 cm³/mol. The molecule has 1 aromatic heterocycles. The number of nitrogens with zero attached hydrogens (tertiary/aromatic N) is 3. The second kappa shape index (κ2) is 7.42. The highest BCUT2D eigenvalue weighted by atomic mass is 32.2. The monoisotopic (exact) mass is 383 g/mol. The lowest BCUT2D eigenvalue weighted by molar-refractivity contribution is 0.471. The largest absolute Gasteiger partial charge is 0.508 e. The summed E-state index contributed by atoms with van der Waals surface area (Å²) < 4.78 is 27.4. The van der Waals surface area contributed by atoms with Gasteiger partial charge in [-0.3, -0.25) is 4.72 Å². The van der Waals surface area contributed by atoms with Gasteiger partial charge in [0.2, 0.25) is 0 Å². The predicted octanol–water partition coefficient (Wildman–Crippen LogP) is 3.89. The molecule has 9 heteroatoms. The molecule has 0 saturated heterocycles. The number of sulfonamides is 1. The van der Waals surface area contributed by atoms with Gasteiger partial charge in [0.15, 0.2) is 0 Å². The maximum atomic E-state index is 12.5. The summed E-state index contributed by atoms with van der Waals surface area (Å²) in [6, 6.07) is 13.9. The van der Waals surface area contributed by atoms with Gasteiger partial charge < -0.3 is 10.8 Å². The molecule has 0 saturated carbocycles. The molecule has 0 aliphatic carbocycles. The molecule has 0 aliphatic heterocycles. The Morgan fingerprint density at radius 1 is 1.07 bits per heavy atom. The van der Waals surface area contributed by atoms with Gasteiger partial charge in [0.05, 0.1) is 16.3 Å². The van der Waals surface area contributed by atoms with E-state index in [-0.39, 0.29) is 22.2 Å². The lowest BCUT2D eigenvalue weighted by atomic mass is 10.2. The van der Waals surface area contributed by atoms with Crippen LogP contribution >= 0.6 is 0 Å². The standard InChI is InChI=1S/C18H17N5O3S/c1-12-9-16(15(19)11-17(12)24)22-21-13-5-4-6-14(10-13)27(25,26)23-18-7-2-3-8-20-18/h2-11,24H,19H2,1H3,(H,20,23). The highest BCUT2D eigenvalue weighted by Gasteiger charge is 2.15. The number of hydrogen-bond donors (Lipinski definition) is 3. The van der Waals surface area contributed by atoms with E-state index in [1.807, 2.05) is 0 Å². The van der Waals surface area contributed by atoms with E-state index in [1.165, 1.54) is 24.4 Å². The minimum atomic E-state index is -3.81. The molecule has 3 rings (SSSR count). The zero-order valence-electron chi connectivity index (χ0n) is 14.4. The van der Waals surface area contributed by atoms with Crippen molar-refractivity contribution in [2.75, 3.05) is 10.5 Å². The van der Waals surface area contributed by atoms with Gasteiger partial charge in [0, 0.05) is 12.3 Å². The summed E-state index contributed by atoms with van der Waals surface area (Å²) in [5.74, 6) is 0.289. The zero-order chi connectivity index (χ0) is 19.4. The van der Waals surface area contributed by atoms with Gasteiger partial charge in [0.1, 0.15) is 17.3 Å². The Kier molecular flexibility index (Phi) is 5.04. The number of nitrogens with one attached hydrogen (secondary N) is 1. The first-order valence-corrected chi connectivity index (χ1v) is 9.38. The van der Waals surface area contributed by atoms with E-state index in [0.717, 1.165) is 0 Å². The second-order valence-electron chi connectivity index (χ2n) is 5.72. The Hall–Kier alpha value is -3.46. The van der Waals surface area contributed by atoms with Crippen molar-refractivity contribution >= 4 is 32.9 Å². The summed E-state index contributed by atoms with van der Waals surface area (Å²) in [5, 5.41) is 17.7. The minimum Gasteiger partial charge on any atom is -0.508 e. The van der Waals surface area contributed by atoms with Gasteiger partial charge in [0.25, 0.3) is 10.0 Å². The van der Waals surface area contributed by atoms with Gasteiger partial charge in [-0.1, -0.05) is 12.1 Å². The van der Waals surface area contributed by atoms with E-state index >= 15 is 0 Å². The van der Waals surface area contributed by atoms with Crippen LogP contribution in [0.1, 0.15) is 5.56 Å². The summed E-state index contributed by atoms with van der Waals surface area (Å²) >= 11 is 0. The third kappa shape index (κ3) is 4.39. The highest BCUT2D eigenvalue weighted by molar-refractivity contribution is 7.92. The molecule has 3 aromatic rings. The number of azo groups is 1. The zero-order valence-corrected chi connectivity index (χ0v) is 15.2. The van der Waals surface area contributed by atoms with E-state index in [1.54, 1.807) is 43.3 Å². The third-order valence-electron chi connectivity index (χ3n) is 3.65. The summed E-state index contributed by atoms with van der Waals surface area (Å²) in [7, 11) is -3.81. The fourth-order valence-electron chi connectivity index (χ4n) is 2.23. The number of hydrogen-bond acceptors (Lipinski definition) is 7. The number of nitrogens with two attached hydrogens (primary N) is 1. The molecule has 27 heavy (non-hydrogen) atoms. The molecule has 4 N–H and O–H groups in total. The molecule has 0 radical (unpaired) electrons. The van der Waals surface area contributed by atoms with E-state index in [0.29, 0.717) is 16.9 Å². The van der Waals surface area contributed by atoms with Crippen LogP contribution in [-0.2, 0) is 10.0 Å². The molecule has 0 atom stereocenters. The number of pyridine rings is 1. The number of phenols is 1. The van der Waals surface area contributed by atoms with Gasteiger partial charge in [-0.05, 0) is 48.9 Å². The van der Waals surface area contributed by atoms with Crippen molar-refractivity contribution in [1.29, 1.82) is 0 Å². The van der Waals surface area contributed by atoms with Crippen molar-refractivity contribution in [3.05, 3.63) is 66.4 Å². The summed E-state index contributed by atoms with van der Waals surface area (Å²) in [6.45, 7) is 1.71. The van der Waals surface area contributed by atoms with E-state index < -0.39 is 10.0 Å². The average molecular weight is 383 g/mol. The SMILES string of the molecule is Cc1cc(N=Nc2cccc(S(=O)(=O)Nc3ccccn3)c2)c(N)cc1O. The van der Waals surface area contributed by atoms with Crippen LogP contribution in [0, 0.1) is 6.92 Å². The lowest BCUT2D eigenvalue weighted by Crippen LogP contribution is -2.13. The first-order chi connectivity index (χ1) is 12.8. The van der Waals surface area contributed by atoms with Crippen molar-refractivity contribution in [2.45, 2.75) is 11.8 Å². The topological polar surface area (TPSA) is 130 Å². The molecule has 2 aromatic carbocycles. The summed E-state index contributed by atoms with van der Waals surface area (Å²) in [6.07, 6.45) is 1.49. The van der Waals surface area contributed by atoms with E-state index in [9.17, 15) is 13.5 Å². The van der Waals surface area contributed by atoms with Gasteiger partial charge in [-0.2, -0.15) is 5.11 Å². The molecule has 0 aliphatic rings. The number of aryl methyl sites for hydroxylation is 1. The maximum absolute atomic E-state index is 12.5. The number of aromatic hydroxyl groups is 1. The van der Waals surface area contributed by atoms with Gasteiger partial charge in [-0.15, -0.1) is 5.11 Å². The smallest absolute Gasteiger partial charge is 0.263 e. The number of aromatic nitrogens is 1. The van der Waals surface area contributed by atoms with Crippen LogP contribution in [0.4, 0.5) is 22.9 Å². The van der Waals surface area contributed by atoms with Crippen LogP contribution < -0.4 is 10.5 Å². The van der Waals surface area contributed by atoms with Gasteiger partial charge in [-0.25, -0.2) is 13.4 Å². The summed E-state index contributed by atoms with van der Waals surface area (Å²) in [4.78, 5) is 3.97. The second-order valence-corrected chi connectivity index (χ2v) is 7.40. The molecule has 0 bridgehead atoms.